The van der Waals surface area contributed by atoms with Crippen molar-refractivity contribution in [3.05, 3.63) is 77.7 Å². The van der Waals surface area contributed by atoms with E-state index in [0.29, 0.717) is 18.2 Å². The van der Waals surface area contributed by atoms with Gasteiger partial charge in [0.05, 0.1) is 28.7 Å². The molecule has 1 saturated carbocycles. The Morgan fingerprint density at radius 2 is 1.97 bits per heavy atom. The molecule has 6 rings (SSSR count). The summed E-state index contributed by atoms with van der Waals surface area (Å²) in [5, 5.41) is 11.8. The Morgan fingerprint density at radius 3 is 2.79 bits per heavy atom. The van der Waals surface area contributed by atoms with Crippen LogP contribution in [0.3, 0.4) is 0 Å². The van der Waals surface area contributed by atoms with Crippen molar-refractivity contribution >= 4 is 40.7 Å². The van der Waals surface area contributed by atoms with Crippen LogP contribution in [-0.4, -0.2) is 58.3 Å². The number of ether oxygens (including phenoxy) is 1. The molecule has 2 aliphatic rings. The van der Waals surface area contributed by atoms with E-state index in [2.05, 4.69) is 43.6 Å². The smallest absolute Gasteiger partial charge is 0.252 e. The number of aromatic nitrogens is 3. The molecule has 4 aromatic rings. The zero-order chi connectivity index (χ0) is 25.7. The average molecular weight is 526 g/mol. The maximum Gasteiger partial charge on any atom is 0.252 e. The molecule has 1 aliphatic heterocycles. The first-order valence-electron chi connectivity index (χ1n) is 13.3. The van der Waals surface area contributed by atoms with Crippen molar-refractivity contribution < 1.29 is 9.53 Å². The fourth-order valence-corrected chi connectivity index (χ4v) is 5.59. The molecule has 3 heterocycles. The van der Waals surface area contributed by atoms with Gasteiger partial charge in [-0.05, 0) is 93.4 Å². The van der Waals surface area contributed by atoms with E-state index >= 15 is 0 Å². The summed E-state index contributed by atoms with van der Waals surface area (Å²) in [5.41, 5.74) is 3.37. The van der Waals surface area contributed by atoms with Gasteiger partial charge >= 0.3 is 0 Å². The van der Waals surface area contributed by atoms with Gasteiger partial charge in [-0.1, -0.05) is 23.9 Å². The summed E-state index contributed by atoms with van der Waals surface area (Å²) in [4.78, 5) is 21.6. The molecule has 38 heavy (non-hydrogen) atoms. The number of hydrogen-bond acceptors (Lipinski definition) is 6. The topological polar surface area (TPSA) is 83.1 Å². The van der Waals surface area contributed by atoms with Crippen LogP contribution in [-0.2, 0) is 0 Å². The van der Waals surface area contributed by atoms with Gasteiger partial charge in [0.25, 0.3) is 5.91 Å². The number of likely N-dealkylation sites (tertiary alicyclic amines) is 1. The summed E-state index contributed by atoms with van der Waals surface area (Å²) < 4.78 is 5.85. The lowest BCUT2D eigenvalue weighted by Gasteiger charge is -2.14. The van der Waals surface area contributed by atoms with Crippen molar-refractivity contribution in [3.63, 3.8) is 0 Å². The Kier molecular flexibility index (Phi) is 7.42. The minimum absolute atomic E-state index is 0.000858. The maximum atomic E-state index is 12.7. The van der Waals surface area contributed by atoms with E-state index in [1.54, 1.807) is 18.0 Å². The molecule has 194 valence electrons. The predicted molar refractivity (Wildman–Crippen MR) is 151 cm³/mol. The first-order valence-corrected chi connectivity index (χ1v) is 14.1. The summed E-state index contributed by atoms with van der Waals surface area (Å²) in [5.74, 6) is 0.795. The number of aromatic amines is 1. The highest BCUT2D eigenvalue weighted by molar-refractivity contribution is 7.99. The van der Waals surface area contributed by atoms with Crippen LogP contribution in [0.2, 0.25) is 0 Å². The van der Waals surface area contributed by atoms with Gasteiger partial charge in [0.2, 0.25) is 0 Å². The number of rotatable bonds is 10. The molecular weight excluding hydrogens is 494 g/mol. The van der Waals surface area contributed by atoms with Crippen LogP contribution in [0.1, 0.15) is 47.4 Å². The molecule has 0 unspecified atom stereocenters. The molecule has 1 aliphatic carbocycles. The van der Waals surface area contributed by atoms with Crippen molar-refractivity contribution in [2.45, 2.75) is 41.5 Å². The minimum atomic E-state index is 0.000858. The molecule has 2 fully saturated rings. The summed E-state index contributed by atoms with van der Waals surface area (Å²) in [7, 11) is 0. The van der Waals surface area contributed by atoms with Crippen molar-refractivity contribution in [1.29, 1.82) is 0 Å². The lowest BCUT2D eigenvalue weighted by molar-refractivity contribution is 0.0948. The van der Waals surface area contributed by atoms with Gasteiger partial charge in [-0.2, -0.15) is 5.10 Å². The molecule has 1 amide bonds. The lowest BCUT2D eigenvalue weighted by Crippen LogP contribution is -2.25. The lowest BCUT2D eigenvalue weighted by atomic mass is 10.2. The monoisotopic (exact) mass is 525 g/mol. The molecule has 2 N–H and O–H groups in total. The molecular formula is C30H31N5O2S. The van der Waals surface area contributed by atoms with Gasteiger partial charge in [0.1, 0.15) is 12.4 Å². The first kappa shape index (κ1) is 24.7. The minimum Gasteiger partial charge on any atom is -0.491 e. The number of benzene rings is 2. The van der Waals surface area contributed by atoms with Crippen molar-refractivity contribution in [3.8, 4) is 5.75 Å². The second-order valence-electron chi connectivity index (χ2n) is 9.81. The third kappa shape index (κ3) is 6.09. The van der Waals surface area contributed by atoms with Gasteiger partial charge in [-0.15, -0.1) is 0 Å². The zero-order valence-corrected chi connectivity index (χ0v) is 22.0. The Balaban J connectivity index is 1.09. The molecule has 7 nitrogen and oxygen atoms in total. The molecule has 0 radical (unpaired) electrons. The molecule has 8 heteroatoms. The second kappa shape index (κ2) is 11.4. The average Bonchev–Trinajstić information content (AvgIpc) is 3.42. The molecule has 2 aromatic carbocycles. The van der Waals surface area contributed by atoms with E-state index in [4.69, 9.17) is 4.74 Å². The number of amides is 1. The number of pyridine rings is 1. The van der Waals surface area contributed by atoms with Crippen molar-refractivity contribution in [2.75, 3.05) is 26.2 Å². The van der Waals surface area contributed by atoms with Crippen LogP contribution in [0.4, 0.5) is 0 Å². The molecule has 0 spiro atoms. The van der Waals surface area contributed by atoms with E-state index in [1.165, 1.54) is 25.9 Å². The Bertz CT molecular complexity index is 1440. The van der Waals surface area contributed by atoms with Gasteiger partial charge in [-0.25, -0.2) is 0 Å². The molecule has 0 bridgehead atoms. The fourth-order valence-electron chi connectivity index (χ4n) is 4.61. The van der Waals surface area contributed by atoms with E-state index in [1.807, 2.05) is 48.6 Å². The van der Waals surface area contributed by atoms with Crippen LogP contribution in [0.5, 0.6) is 5.75 Å². The summed E-state index contributed by atoms with van der Waals surface area (Å²) in [6, 6.07) is 18.2. The van der Waals surface area contributed by atoms with Crippen LogP contribution >= 0.6 is 11.8 Å². The van der Waals surface area contributed by atoms with Crippen LogP contribution in [0, 0.1) is 0 Å². The molecule has 0 atom stereocenters. The quantitative estimate of drug-likeness (QED) is 0.279. The number of nitrogens with one attached hydrogen (secondary N) is 2. The normalized spacial score (nSPS) is 15.9. The number of carbonyl (C=O) groups excluding carboxylic acids is 1. The first-order chi connectivity index (χ1) is 18.7. The number of fused-ring (bicyclic) bond motifs is 1. The highest BCUT2D eigenvalue weighted by Gasteiger charge is 2.25. The molecule has 1 saturated heterocycles. The third-order valence-corrected chi connectivity index (χ3v) is 7.95. The Morgan fingerprint density at radius 1 is 1.11 bits per heavy atom. The van der Waals surface area contributed by atoms with Gasteiger partial charge in [-0.3, -0.25) is 19.8 Å². The fraction of sp³-hybridized carbons (Fsp3) is 0.300. The standard InChI is InChI=1S/C30H31N5O2S/c36-30(32-22-7-8-22)26-5-1-2-6-29(26)38-24-12-13-25-27(33-34-28(25)19-24)14-10-21-9-11-23(20-31-21)37-18-17-35-15-3-4-16-35/h1-2,5-6,9-14,19-20,22H,3-4,7-8,15-18H2,(H,32,36)(H,33,34)/b14-10+. The van der Waals surface area contributed by atoms with Gasteiger partial charge in [0.15, 0.2) is 0 Å². The summed E-state index contributed by atoms with van der Waals surface area (Å²) in [6.07, 6.45) is 10.4. The number of hydrogen-bond donors (Lipinski definition) is 2. The van der Waals surface area contributed by atoms with E-state index in [0.717, 1.165) is 57.2 Å². The van der Waals surface area contributed by atoms with Crippen LogP contribution in [0.15, 0.2) is 70.6 Å². The van der Waals surface area contributed by atoms with Crippen molar-refractivity contribution in [1.82, 2.24) is 25.4 Å². The Hall–Kier alpha value is -3.62. The third-order valence-electron chi connectivity index (χ3n) is 6.88. The predicted octanol–water partition coefficient (Wildman–Crippen LogP) is 5.65. The molecule has 2 aromatic heterocycles. The number of carbonyl (C=O) groups is 1. The maximum absolute atomic E-state index is 12.7. The van der Waals surface area contributed by atoms with Gasteiger partial charge in [0, 0.05) is 27.8 Å². The van der Waals surface area contributed by atoms with E-state index in [9.17, 15) is 4.79 Å². The Labute approximate surface area is 226 Å². The SMILES string of the molecule is O=C(NC1CC1)c1ccccc1Sc1ccc2c(/C=C/c3ccc(OCCN4CCCC4)cn3)n[nH]c2c1. The zero-order valence-electron chi connectivity index (χ0n) is 21.2. The largest absolute Gasteiger partial charge is 0.491 e. The van der Waals surface area contributed by atoms with Crippen molar-refractivity contribution in [2.24, 2.45) is 0 Å². The van der Waals surface area contributed by atoms with Crippen LogP contribution < -0.4 is 10.1 Å². The van der Waals surface area contributed by atoms with E-state index in [-0.39, 0.29) is 5.91 Å². The van der Waals surface area contributed by atoms with Crippen LogP contribution in [0.25, 0.3) is 23.1 Å². The van der Waals surface area contributed by atoms with Gasteiger partial charge < -0.3 is 10.1 Å². The highest BCUT2D eigenvalue weighted by Crippen LogP contribution is 2.33. The number of nitrogens with zero attached hydrogens (tertiary/aromatic N) is 3. The second-order valence-corrected chi connectivity index (χ2v) is 10.9. The van der Waals surface area contributed by atoms with E-state index < -0.39 is 0 Å². The summed E-state index contributed by atoms with van der Waals surface area (Å²) >= 11 is 1.59. The summed E-state index contributed by atoms with van der Waals surface area (Å²) in [6.45, 7) is 4.02. The highest BCUT2D eigenvalue weighted by atomic mass is 32.2. The number of H-pyrrole nitrogens is 1.